The number of hydrogen-bond donors (Lipinski definition) is 1. The zero-order chi connectivity index (χ0) is 21.1. The number of methoxy groups -OCH3 is 1. The van der Waals surface area contributed by atoms with Crippen molar-refractivity contribution in [3.8, 4) is 5.75 Å². The van der Waals surface area contributed by atoms with Gasteiger partial charge in [-0.05, 0) is 56.2 Å². The van der Waals surface area contributed by atoms with Crippen molar-refractivity contribution in [1.29, 1.82) is 0 Å². The SMILES string of the molecule is COc1ccc(S(=O)(=O)N2CCC(c3cccc(Nc4ncc(C)s4)n3)CC2)cc1. The molecule has 0 amide bonds. The molecule has 3 aromatic rings. The zero-order valence-electron chi connectivity index (χ0n) is 16.9. The third-order valence-electron chi connectivity index (χ3n) is 5.20. The van der Waals surface area contributed by atoms with E-state index in [1.54, 1.807) is 47.0 Å². The molecule has 0 atom stereocenters. The van der Waals surface area contributed by atoms with E-state index in [0.29, 0.717) is 23.7 Å². The molecule has 0 spiro atoms. The van der Waals surface area contributed by atoms with Crippen molar-refractivity contribution in [3.05, 3.63) is 59.2 Å². The van der Waals surface area contributed by atoms with E-state index in [4.69, 9.17) is 9.72 Å². The van der Waals surface area contributed by atoms with E-state index in [2.05, 4.69) is 10.3 Å². The minimum atomic E-state index is -3.50. The third kappa shape index (κ3) is 4.48. The summed E-state index contributed by atoms with van der Waals surface area (Å²) in [5, 5.41) is 4.07. The van der Waals surface area contributed by atoms with E-state index in [1.807, 2.05) is 31.3 Å². The van der Waals surface area contributed by atoms with Gasteiger partial charge in [0.2, 0.25) is 10.0 Å². The molecular formula is C21H24N4O3S2. The second-order valence-corrected chi connectivity index (χ2v) is 10.4. The normalized spacial score (nSPS) is 15.8. The maximum atomic E-state index is 12.9. The number of anilines is 2. The first kappa shape index (κ1) is 20.8. The molecule has 0 unspecified atom stereocenters. The van der Waals surface area contributed by atoms with E-state index < -0.39 is 10.0 Å². The number of hydrogen-bond acceptors (Lipinski definition) is 7. The fraction of sp³-hybridized carbons (Fsp3) is 0.333. The van der Waals surface area contributed by atoms with Crippen molar-refractivity contribution in [3.63, 3.8) is 0 Å². The number of ether oxygens (including phenoxy) is 1. The fourth-order valence-electron chi connectivity index (χ4n) is 3.56. The number of rotatable bonds is 6. The van der Waals surface area contributed by atoms with Gasteiger partial charge in [0, 0.05) is 35.8 Å². The summed E-state index contributed by atoms with van der Waals surface area (Å²) in [7, 11) is -1.94. The molecule has 1 aliphatic rings. The minimum Gasteiger partial charge on any atom is -0.497 e. The van der Waals surface area contributed by atoms with Crippen LogP contribution >= 0.6 is 11.3 Å². The Morgan fingerprint density at radius 2 is 1.87 bits per heavy atom. The summed E-state index contributed by atoms with van der Waals surface area (Å²) in [5.74, 6) is 1.63. The molecular weight excluding hydrogens is 420 g/mol. The smallest absolute Gasteiger partial charge is 0.243 e. The van der Waals surface area contributed by atoms with E-state index >= 15 is 0 Å². The van der Waals surface area contributed by atoms with Gasteiger partial charge in [0.15, 0.2) is 5.13 Å². The first-order chi connectivity index (χ1) is 14.5. The van der Waals surface area contributed by atoms with Crippen LogP contribution in [0.1, 0.15) is 29.3 Å². The summed E-state index contributed by atoms with van der Waals surface area (Å²) >= 11 is 1.58. The van der Waals surface area contributed by atoms with Gasteiger partial charge < -0.3 is 10.1 Å². The molecule has 9 heteroatoms. The van der Waals surface area contributed by atoms with Gasteiger partial charge in [0.05, 0.1) is 12.0 Å². The summed E-state index contributed by atoms with van der Waals surface area (Å²) in [6.45, 7) is 2.97. The number of aryl methyl sites for hydroxylation is 1. The van der Waals surface area contributed by atoms with Gasteiger partial charge in [-0.3, -0.25) is 0 Å². The molecule has 3 heterocycles. The predicted molar refractivity (Wildman–Crippen MR) is 118 cm³/mol. The maximum absolute atomic E-state index is 12.9. The number of pyridine rings is 1. The molecule has 0 bridgehead atoms. The molecule has 1 N–H and O–H groups in total. The summed E-state index contributed by atoms with van der Waals surface area (Å²) < 4.78 is 32.6. The fourth-order valence-corrected chi connectivity index (χ4v) is 5.70. The minimum absolute atomic E-state index is 0.229. The van der Waals surface area contributed by atoms with Crippen molar-refractivity contribution in [1.82, 2.24) is 14.3 Å². The quantitative estimate of drug-likeness (QED) is 0.614. The maximum Gasteiger partial charge on any atom is 0.243 e. The molecule has 1 aromatic carbocycles. The Bertz CT molecular complexity index is 1110. The molecule has 30 heavy (non-hydrogen) atoms. The van der Waals surface area contributed by atoms with Crippen LogP contribution in [0, 0.1) is 6.92 Å². The Labute approximate surface area is 180 Å². The van der Waals surface area contributed by atoms with E-state index in [-0.39, 0.29) is 5.92 Å². The van der Waals surface area contributed by atoms with Gasteiger partial charge in [0.25, 0.3) is 0 Å². The lowest BCUT2D eigenvalue weighted by Crippen LogP contribution is -2.38. The lowest BCUT2D eigenvalue weighted by atomic mass is 9.94. The van der Waals surface area contributed by atoms with E-state index in [9.17, 15) is 8.42 Å². The Balaban J connectivity index is 1.42. The summed E-state index contributed by atoms with van der Waals surface area (Å²) in [4.78, 5) is 10.5. The second kappa shape index (κ2) is 8.71. The molecule has 158 valence electrons. The molecule has 2 aromatic heterocycles. The Morgan fingerprint density at radius 1 is 1.13 bits per heavy atom. The van der Waals surface area contributed by atoms with Crippen LogP contribution in [0.5, 0.6) is 5.75 Å². The predicted octanol–water partition coefficient (Wildman–Crippen LogP) is 4.17. The number of nitrogens with zero attached hydrogens (tertiary/aromatic N) is 3. The number of nitrogens with one attached hydrogen (secondary N) is 1. The van der Waals surface area contributed by atoms with Gasteiger partial charge in [-0.15, -0.1) is 11.3 Å². The first-order valence-corrected chi connectivity index (χ1v) is 12.0. The molecule has 1 aliphatic heterocycles. The molecule has 1 saturated heterocycles. The highest BCUT2D eigenvalue weighted by atomic mass is 32.2. The first-order valence-electron chi connectivity index (χ1n) is 9.76. The number of aromatic nitrogens is 2. The molecule has 1 fully saturated rings. The number of piperidine rings is 1. The topological polar surface area (TPSA) is 84.4 Å². The lowest BCUT2D eigenvalue weighted by Gasteiger charge is -2.31. The van der Waals surface area contributed by atoms with Crippen LogP contribution in [-0.4, -0.2) is 42.9 Å². The van der Waals surface area contributed by atoms with Gasteiger partial charge in [-0.1, -0.05) is 6.07 Å². The Hall–Kier alpha value is -2.49. The zero-order valence-corrected chi connectivity index (χ0v) is 18.5. The summed E-state index contributed by atoms with van der Waals surface area (Å²) in [6.07, 6.45) is 3.31. The summed E-state index contributed by atoms with van der Waals surface area (Å²) in [6, 6.07) is 12.4. The Morgan fingerprint density at radius 3 is 2.50 bits per heavy atom. The Kier molecular flexibility index (Phi) is 6.03. The molecule has 0 aliphatic carbocycles. The van der Waals surface area contributed by atoms with E-state index in [1.165, 1.54) is 0 Å². The van der Waals surface area contributed by atoms with Crippen LogP contribution in [0.4, 0.5) is 10.9 Å². The second-order valence-electron chi connectivity index (χ2n) is 7.20. The highest BCUT2D eigenvalue weighted by molar-refractivity contribution is 7.89. The molecule has 0 radical (unpaired) electrons. The molecule has 4 rings (SSSR count). The third-order valence-corrected chi connectivity index (χ3v) is 7.94. The van der Waals surface area contributed by atoms with Crippen molar-refractivity contribution in [2.24, 2.45) is 0 Å². The number of sulfonamides is 1. The van der Waals surface area contributed by atoms with Crippen LogP contribution in [0.25, 0.3) is 0 Å². The lowest BCUT2D eigenvalue weighted by molar-refractivity contribution is 0.317. The van der Waals surface area contributed by atoms with Gasteiger partial charge in [0.1, 0.15) is 11.6 Å². The largest absolute Gasteiger partial charge is 0.497 e. The number of thiazole rings is 1. The van der Waals surface area contributed by atoms with Gasteiger partial charge in [-0.2, -0.15) is 4.31 Å². The standard InChI is InChI=1S/C21H24N4O3S2/c1-15-14-22-21(29-15)24-20-5-3-4-19(23-20)16-10-12-25(13-11-16)30(26,27)18-8-6-17(28-2)7-9-18/h3-9,14,16H,10-13H2,1-2H3,(H,22,23,24). The highest BCUT2D eigenvalue weighted by Crippen LogP contribution is 2.31. The average molecular weight is 445 g/mol. The van der Waals surface area contributed by atoms with Gasteiger partial charge in [-0.25, -0.2) is 18.4 Å². The van der Waals surface area contributed by atoms with Crippen molar-refractivity contribution in [2.75, 3.05) is 25.5 Å². The van der Waals surface area contributed by atoms with Crippen LogP contribution in [0.3, 0.4) is 0 Å². The van der Waals surface area contributed by atoms with Crippen molar-refractivity contribution >= 4 is 32.3 Å². The number of benzene rings is 1. The van der Waals surface area contributed by atoms with Crippen LogP contribution in [-0.2, 0) is 10.0 Å². The van der Waals surface area contributed by atoms with Crippen LogP contribution in [0.15, 0.2) is 53.6 Å². The molecule has 7 nitrogen and oxygen atoms in total. The van der Waals surface area contributed by atoms with Crippen LogP contribution < -0.4 is 10.1 Å². The van der Waals surface area contributed by atoms with Crippen molar-refractivity contribution in [2.45, 2.75) is 30.6 Å². The van der Waals surface area contributed by atoms with E-state index in [0.717, 1.165) is 34.4 Å². The molecule has 0 saturated carbocycles. The van der Waals surface area contributed by atoms with Gasteiger partial charge >= 0.3 is 0 Å². The highest BCUT2D eigenvalue weighted by Gasteiger charge is 2.30. The van der Waals surface area contributed by atoms with Crippen LogP contribution in [0.2, 0.25) is 0 Å². The average Bonchev–Trinajstić information content (AvgIpc) is 3.18. The monoisotopic (exact) mass is 444 g/mol. The van der Waals surface area contributed by atoms with Crippen molar-refractivity contribution < 1.29 is 13.2 Å². The summed E-state index contributed by atoms with van der Waals surface area (Å²) in [5.41, 5.74) is 0.981.